The lowest BCUT2D eigenvalue weighted by Gasteiger charge is -2.34. The Labute approximate surface area is 122 Å². The van der Waals surface area contributed by atoms with Crippen LogP contribution in [0.3, 0.4) is 0 Å². The Balaban J connectivity index is 2.26. The van der Waals surface area contributed by atoms with Crippen LogP contribution in [0.2, 0.25) is 0 Å². The molecular weight excluding hydrogens is 281 g/mol. The Morgan fingerprint density at radius 2 is 1.95 bits per heavy atom. The molecule has 0 saturated carbocycles. The van der Waals surface area contributed by atoms with Crippen molar-refractivity contribution in [2.24, 2.45) is 5.73 Å². The maximum absolute atomic E-state index is 13.3. The van der Waals surface area contributed by atoms with Gasteiger partial charge in [-0.05, 0) is 43.5 Å². The summed E-state index contributed by atoms with van der Waals surface area (Å²) in [6.07, 6.45) is -2.25. The lowest BCUT2D eigenvalue weighted by molar-refractivity contribution is -0.137. The highest BCUT2D eigenvalue weighted by Crippen LogP contribution is 2.38. The molecule has 118 valence electrons. The van der Waals surface area contributed by atoms with Crippen molar-refractivity contribution >= 4 is 5.69 Å². The van der Waals surface area contributed by atoms with Gasteiger partial charge in [0.2, 0.25) is 0 Å². The van der Waals surface area contributed by atoms with Crippen LogP contribution in [0.5, 0.6) is 0 Å². The van der Waals surface area contributed by atoms with Gasteiger partial charge in [0.05, 0.1) is 11.7 Å². The second-order valence-electron chi connectivity index (χ2n) is 5.31. The van der Waals surface area contributed by atoms with E-state index in [2.05, 4.69) is 0 Å². The number of anilines is 1. The maximum Gasteiger partial charge on any atom is 0.418 e. The predicted molar refractivity (Wildman–Crippen MR) is 76.4 cm³/mol. The molecule has 0 amide bonds. The molecule has 0 spiro atoms. The number of alkyl halides is 3. The highest BCUT2D eigenvalue weighted by Gasteiger charge is 2.35. The van der Waals surface area contributed by atoms with Crippen molar-refractivity contribution in [1.82, 2.24) is 0 Å². The summed E-state index contributed by atoms with van der Waals surface area (Å²) in [5.74, 6) is 0. The molecule has 1 aliphatic heterocycles. The summed E-state index contributed by atoms with van der Waals surface area (Å²) in [4.78, 5) is 1.80. The third kappa shape index (κ3) is 3.89. The fraction of sp³-hybridized carbons (Fsp3) is 0.600. The third-order valence-electron chi connectivity index (χ3n) is 3.92. The van der Waals surface area contributed by atoms with Crippen molar-refractivity contribution in [3.63, 3.8) is 0 Å². The zero-order chi connectivity index (χ0) is 15.5. The van der Waals surface area contributed by atoms with E-state index in [4.69, 9.17) is 10.5 Å². The summed E-state index contributed by atoms with van der Waals surface area (Å²) in [5, 5.41) is 0. The Morgan fingerprint density at radius 1 is 1.29 bits per heavy atom. The van der Waals surface area contributed by atoms with Crippen LogP contribution in [0.25, 0.3) is 0 Å². The second-order valence-corrected chi connectivity index (χ2v) is 5.31. The number of piperidine rings is 1. The van der Waals surface area contributed by atoms with Crippen molar-refractivity contribution in [2.45, 2.75) is 31.5 Å². The van der Waals surface area contributed by atoms with E-state index >= 15 is 0 Å². The number of hydrogen-bond acceptors (Lipinski definition) is 3. The molecule has 1 aromatic carbocycles. The SMILES string of the molecule is COC1CCN(c2ccc(CCN)cc2C(F)(F)F)CC1. The molecule has 1 fully saturated rings. The molecule has 2 N–H and O–H groups in total. The quantitative estimate of drug-likeness (QED) is 0.929. The van der Waals surface area contributed by atoms with Crippen LogP contribution in [-0.4, -0.2) is 32.8 Å². The van der Waals surface area contributed by atoms with Gasteiger partial charge in [0.25, 0.3) is 0 Å². The van der Waals surface area contributed by atoms with Gasteiger partial charge in [-0.2, -0.15) is 13.2 Å². The van der Waals surface area contributed by atoms with E-state index in [0.29, 0.717) is 31.6 Å². The van der Waals surface area contributed by atoms with Crippen molar-refractivity contribution in [2.75, 3.05) is 31.6 Å². The average Bonchev–Trinajstić information content (AvgIpc) is 2.47. The summed E-state index contributed by atoms with van der Waals surface area (Å²) >= 11 is 0. The zero-order valence-corrected chi connectivity index (χ0v) is 12.1. The summed E-state index contributed by atoms with van der Waals surface area (Å²) in [5.41, 5.74) is 5.75. The normalized spacial score (nSPS) is 17.3. The first-order chi connectivity index (χ1) is 9.95. The largest absolute Gasteiger partial charge is 0.418 e. The average molecular weight is 302 g/mol. The monoisotopic (exact) mass is 302 g/mol. The molecule has 0 aliphatic carbocycles. The standard InChI is InChI=1S/C15H21F3N2O/c1-21-12-5-8-20(9-6-12)14-3-2-11(4-7-19)10-13(14)15(16,17)18/h2-3,10,12H,4-9,19H2,1H3. The van der Waals surface area contributed by atoms with Crippen LogP contribution in [-0.2, 0) is 17.3 Å². The van der Waals surface area contributed by atoms with Crippen molar-refractivity contribution in [3.05, 3.63) is 29.3 Å². The maximum atomic E-state index is 13.3. The smallest absolute Gasteiger partial charge is 0.381 e. The molecule has 0 atom stereocenters. The lowest BCUT2D eigenvalue weighted by Crippen LogP contribution is -2.37. The van der Waals surface area contributed by atoms with Crippen molar-refractivity contribution in [3.8, 4) is 0 Å². The Hall–Kier alpha value is -1.27. The number of benzene rings is 1. The van der Waals surface area contributed by atoms with E-state index in [-0.39, 0.29) is 11.8 Å². The van der Waals surface area contributed by atoms with Gasteiger partial charge in [0, 0.05) is 25.9 Å². The lowest BCUT2D eigenvalue weighted by atomic mass is 10.0. The Kier molecular flexibility index (Phi) is 5.11. The number of hydrogen-bond donors (Lipinski definition) is 1. The highest BCUT2D eigenvalue weighted by atomic mass is 19.4. The number of nitrogens with zero attached hydrogens (tertiary/aromatic N) is 1. The molecule has 2 rings (SSSR count). The molecule has 6 heteroatoms. The number of halogens is 3. The fourth-order valence-corrected chi connectivity index (χ4v) is 2.74. The molecule has 0 radical (unpaired) electrons. The highest BCUT2D eigenvalue weighted by molar-refractivity contribution is 5.56. The molecule has 1 aromatic rings. The van der Waals surface area contributed by atoms with Gasteiger partial charge >= 0.3 is 6.18 Å². The minimum atomic E-state index is -4.35. The summed E-state index contributed by atoms with van der Waals surface area (Å²) < 4.78 is 45.1. The predicted octanol–water partition coefficient (Wildman–Crippen LogP) is 2.82. The summed E-state index contributed by atoms with van der Waals surface area (Å²) in [6, 6.07) is 4.53. The van der Waals surface area contributed by atoms with Crippen LogP contribution in [0.4, 0.5) is 18.9 Å². The number of methoxy groups -OCH3 is 1. The van der Waals surface area contributed by atoms with E-state index in [9.17, 15) is 13.2 Å². The third-order valence-corrected chi connectivity index (χ3v) is 3.92. The van der Waals surface area contributed by atoms with Gasteiger partial charge in [0.15, 0.2) is 0 Å². The first kappa shape index (κ1) is 16.1. The van der Waals surface area contributed by atoms with E-state index in [1.165, 1.54) is 6.07 Å². The van der Waals surface area contributed by atoms with Crippen LogP contribution in [0.15, 0.2) is 18.2 Å². The molecule has 21 heavy (non-hydrogen) atoms. The molecule has 3 nitrogen and oxygen atoms in total. The first-order valence-corrected chi connectivity index (χ1v) is 7.13. The molecule has 0 aromatic heterocycles. The zero-order valence-electron chi connectivity index (χ0n) is 12.1. The van der Waals surface area contributed by atoms with Crippen molar-refractivity contribution < 1.29 is 17.9 Å². The molecule has 0 unspecified atom stereocenters. The molecule has 1 heterocycles. The first-order valence-electron chi connectivity index (χ1n) is 7.13. The molecule has 1 saturated heterocycles. The topological polar surface area (TPSA) is 38.5 Å². The van der Waals surface area contributed by atoms with Gasteiger partial charge in [0.1, 0.15) is 0 Å². The Morgan fingerprint density at radius 3 is 2.48 bits per heavy atom. The molecule has 0 bridgehead atoms. The van der Waals surface area contributed by atoms with Gasteiger partial charge in [-0.3, -0.25) is 0 Å². The summed E-state index contributed by atoms with van der Waals surface area (Å²) in [7, 11) is 1.64. The van der Waals surface area contributed by atoms with Crippen LogP contribution in [0, 0.1) is 0 Å². The fourth-order valence-electron chi connectivity index (χ4n) is 2.74. The van der Waals surface area contributed by atoms with Crippen molar-refractivity contribution in [1.29, 1.82) is 0 Å². The van der Waals surface area contributed by atoms with Crippen LogP contribution in [0.1, 0.15) is 24.0 Å². The molecule has 1 aliphatic rings. The Bertz CT molecular complexity index is 468. The number of ether oxygens (including phenoxy) is 1. The van der Waals surface area contributed by atoms with Gasteiger partial charge in [-0.25, -0.2) is 0 Å². The minimum Gasteiger partial charge on any atom is -0.381 e. The minimum absolute atomic E-state index is 0.145. The number of nitrogens with two attached hydrogens (primary N) is 1. The van der Waals surface area contributed by atoms with Gasteiger partial charge < -0.3 is 15.4 Å². The molecular formula is C15H21F3N2O. The second kappa shape index (κ2) is 6.66. The van der Waals surface area contributed by atoms with E-state index in [1.54, 1.807) is 24.1 Å². The van der Waals surface area contributed by atoms with Crippen LogP contribution >= 0.6 is 0 Å². The van der Waals surface area contributed by atoms with E-state index in [0.717, 1.165) is 12.8 Å². The van der Waals surface area contributed by atoms with E-state index in [1.807, 2.05) is 0 Å². The summed E-state index contributed by atoms with van der Waals surface area (Å²) in [6.45, 7) is 1.51. The van der Waals surface area contributed by atoms with Crippen LogP contribution < -0.4 is 10.6 Å². The number of rotatable bonds is 4. The van der Waals surface area contributed by atoms with Gasteiger partial charge in [-0.1, -0.05) is 6.07 Å². The van der Waals surface area contributed by atoms with E-state index < -0.39 is 11.7 Å². The van der Waals surface area contributed by atoms with Gasteiger partial charge in [-0.15, -0.1) is 0 Å².